The van der Waals surface area contributed by atoms with Gasteiger partial charge in [-0.1, -0.05) is 37.3 Å². The summed E-state index contributed by atoms with van der Waals surface area (Å²) in [6, 6.07) is 9.73. The third kappa shape index (κ3) is 5.00. The molecule has 0 aromatic heterocycles. The van der Waals surface area contributed by atoms with Crippen LogP contribution in [-0.4, -0.2) is 60.3 Å². The Balaban J connectivity index is 1.73. The minimum Gasteiger partial charge on any atom is -0.445 e. The number of ether oxygens (including phenoxy) is 1. The molecule has 5 heteroatoms. The van der Waals surface area contributed by atoms with Gasteiger partial charge in [0.25, 0.3) is 0 Å². The summed E-state index contributed by atoms with van der Waals surface area (Å²) in [5.41, 5.74) is 1.01. The molecule has 2 rings (SSSR count). The highest BCUT2D eigenvalue weighted by Gasteiger charge is 2.28. The molecule has 1 N–H and O–H groups in total. The number of carbonyl (C=O) groups excluding carboxylic acids is 1. The summed E-state index contributed by atoms with van der Waals surface area (Å²) in [5.74, 6) is 0.468. The Morgan fingerprint density at radius 2 is 2.18 bits per heavy atom. The number of amides is 1. The minimum atomic E-state index is -0.225. The standard InChI is InChI=1S/C17H26N2O3/c1-2-18(10-11-20)12-16-8-9-19(13-16)17(21)22-14-15-6-4-3-5-7-15/h3-7,16,20H,2,8-14H2,1H3/t16-/m0/s1. The second-order valence-electron chi connectivity index (χ2n) is 5.76. The van der Waals surface area contributed by atoms with Crippen LogP contribution in [0.3, 0.4) is 0 Å². The molecule has 1 aliphatic rings. The number of rotatable bonds is 7. The van der Waals surface area contributed by atoms with Gasteiger partial charge in [-0.25, -0.2) is 4.79 Å². The third-order valence-corrected chi connectivity index (χ3v) is 4.13. The molecule has 0 saturated carbocycles. The Kier molecular flexibility index (Phi) is 6.68. The monoisotopic (exact) mass is 306 g/mol. The molecule has 1 amide bonds. The quantitative estimate of drug-likeness (QED) is 0.837. The molecule has 1 aromatic carbocycles. The first kappa shape index (κ1) is 16.8. The Morgan fingerprint density at radius 1 is 1.41 bits per heavy atom. The molecule has 0 unspecified atom stereocenters. The maximum Gasteiger partial charge on any atom is 0.410 e. The number of nitrogens with zero attached hydrogens (tertiary/aromatic N) is 2. The first-order chi connectivity index (χ1) is 10.7. The fourth-order valence-corrected chi connectivity index (χ4v) is 2.84. The highest BCUT2D eigenvalue weighted by atomic mass is 16.6. The third-order valence-electron chi connectivity index (χ3n) is 4.13. The Hall–Kier alpha value is -1.59. The van der Waals surface area contributed by atoms with E-state index >= 15 is 0 Å². The first-order valence-electron chi connectivity index (χ1n) is 8.01. The van der Waals surface area contributed by atoms with Gasteiger partial charge >= 0.3 is 6.09 Å². The SMILES string of the molecule is CCN(CCO)C[C@@H]1CCN(C(=O)OCc2ccccc2)C1. The summed E-state index contributed by atoms with van der Waals surface area (Å²) < 4.78 is 5.37. The van der Waals surface area contributed by atoms with Crippen molar-refractivity contribution in [3.8, 4) is 0 Å². The van der Waals surface area contributed by atoms with E-state index in [0.717, 1.165) is 38.2 Å². The second kappa shape index (κ2) is 8.76. The van der Waals surface area contributed by atoms with Crippen molar-refractivity contribution in [3.63, 3.8) is 0 Å². The fourth-order valence-electron chi connectivity index (χ4n) is 2.84. The van der Waals surface area contributed by atoms with Crippen molar-refractivity contribution in [1.82, 2.24) is 9.80 Å². The van der Waals surface area contributed by atoms with E-state index in [1.807, 2.05) is 30.3 Å². The molecule has 0 radical (unpaired) electrons. The Labute approximate surface area is 132 Å². The Bertz CT molecular complexity index is 452. The highest BCUT2D eigenvalue weighted by molar-refractivity contribution is 5.68. The average molecular weight is 306 g/mol. The van der Waals surface area contributed by atoms with E-state index in [0.29, 0.717) is 19.1 Å². The van der Waals surface area contributed by atoms with Crippen molar-refractivity contribution >= 4 is 6.09 Å². The first-order valence-corrected chi connectivity index (χ1v) is 8.01. The van der Waals surface area contributed by atoms with Crippen LogP contribution in [0.2, 0.25) is 0 Å². The molecule has 1 atom stereocenters. The van der Waals surface area contributed by atoms with E-state index in [-0.39, 0.29) is 12.7 Å². The van der Waals surface area contributed by atoms with Gasteiger partial charge in [-0.3, -0.25) is 0 Å². The van der Waals surface area contributed by atoms with Crippen LogP contribution in [0.5, 0.6) is 0 Å². The summed E-state index contributed by atoms with van der Waals surface area (Å²) in [6.45, 7) is 6.66. The van der Waals surface area contributed by atoms with E-state index in [4.69, 9.17) is 9.84 Å². The van der Waals surface area contributed by atoms with Crippen molar-refractivity contribution in [1.29, 1.82) is 0 Å². The van der Waals surface area contributed by atoms with E-state index < -0.39 is 0 Å². The second-order valence-corrected chi connectivity index (χ2v) is 5.76. The van der Waals surface area contributed by atoms with Gasteiger partial charge in [0.05, 0.1) is 6.61 Å². The van der Waals surface area contributed by atoms with Gasteiger partial charge in [-0.2, -0.15) is 0 Å². The normalized spacial score (nSPS) is 18.0. The zero-order chi connectivity index (χ0) is 15.8. The zero-order valence-corrected chi connectivity index (χ0v) is 13.3. The van der Waals surface area contributed by atoms with Crippen LogP contribution in [0.25, 0.3) is 0 Å². The smallest absolute Gasteiger partial charge is 0.410 e. The molecular weight excluding hydrogens is 280 g/mol. The number of likely N-dealkylation sites (tertiary alicyclic amines) is 1. The van der Waals surface area contributed by atoms with Crippen LogP contribution in [0, 0.1) is 5.92 Å². The van der Waals surface area contributed by atoms with Gasteiger partial charge in [-0.15, -0.1) is 0 Å². The van der Waals surface area contributed by atoms with Gasteiger partial charge in [0.1, 0.15) is 6.61 Å². The topological polar surface area (TPSA) is 53.0 Å². The average Bonchev–Trinajstić information content (AvgIpc) is 3.02. The lowest BCUT2D eigenvalue weighted by molar-refractivity contribution is 0.102. The zero-order valence-electron chi connectivity index (χ0n) is 13.3. The predicted octanol–water partition coefficient (Wildman–Crippen LogP) is 1.96. The molecule has 0 bridgehead atoms. The van der Waals surface area contributed by atoms with Crippen molar-refractivity contribution in [2.24, 2.45) is 5.92 Å². The maximum atomic E-state index is 12.1. The van der Waals surface area contributed by atoms with Gasteiger partial charge in [0, 0.05) is 26.2 Å². The molecule has 0 aliphatic carbocycles. The minimum absolute atomic E-state index is 0.184. The van der Waals surface area contributed by atoms with Crippen molar-refractivity contribution in [3.05, 3.63) is 35.9 Å². The van der Waals surface area contributed by atoms with Crippen molar-refractivity contribution in [2.45, 2.75) is 20.0 Å². The van der Waals surface area contributed by atoms with Gasteiger partial charge in [-0.05, 0) is 24.4 Å². The van der Waals surface area contributed by atoms with Crippen LogP contribution in [0.15, 0.2) is 30.3 Å². The van der Waals surface area contributed by atoms with E-state index in [1.165, 1.54) is 0 Å². The van der Waals surface area contributed by atoms with Gasteiger partial charge in [0.2, 0.25) is 0 Å². The summed E-state index contributed by atoms with van der Waals surface area (Å²) in [5, 5.41) is 9.03. The highest BCUT2D eigenvalue weighted by Crippen LogP contribution is 2.18. The number of hydrogen-bond acceptors (Lipinski definition) is 4. The molecule has 122 valence electrons. The van der Waals surface area contributed by atoms with Gasteiger partial charge < -0.3 is 19.6 Å². The predicted molar refractivity (Wildman–Crippen MR) is 85.5 cm³/mol. The van der Waals surface area contributed by atoms with Crippen LogP contribution < -0.4 is 0 Å². The number of benzene rings is 1. The molecule has 5 nitrogen and oxygen atoms in total. The molecule has 1 heterocycles. The number of carbonyl (C=O) groups is 1. The van der Waals surface area contributed by atoms with Gasteiger partial charge in [0.15, 0.2) is 0 Å². The largest absolute Gasteiger partial charge is 0.445 e. The lowest BCUT2D eigenvalue weighted by Crippen LogP contribution is -2.34. The molecule has 1 aliphatic heterocycles. The van der Waals surface area contributed by atoms with Crippen LogP contribution in [-0.2, 0) is 11.3 Å². The summed E-state index contributed by atoms with van der Waals surface area (Å²) in [7, 11) is 0. The van der Waals surface area contributed by atoms with Crippen LogP contribution >= 0.6 is 0 Å². The van der Waals surface area contributed by atoms with Crippen LogP contribution in [0.4, 0.5) is 4.79 Å². The molecule has 1 fully saturated rings. The molecule has 1 saturated heterocycles. The number of aliphatic hydroxyl groups is 1. The lowest BCUT2D eigenvalue weighted by atomic mass is 10.1. The van der Waals surface area contributed by atoms with Crippen molar-refractivity contribution < 1.29 is 14.6 Å². The maximum absolute atomic E-state index is 12.1. The van der Waals surface area contributed by atoms with E-state index in [2.05, 4.69) is 11.8 Å². The number of hydrogen-bond donors (Lipinski definition) is 1. The van der Waals surface area contributed by atoms with E-state index in [9.17, 15) is 4.79 Å². The van der Waals surface area contributed by atoms with E-state index in [1.54, 1.807) is 4.90 Å². The summed E-state index contributed by atoms with van der Waals surface area (Å²) in [4.78, 5) is 16.1. The number of likely N-dealkylation sites (N-methyl/N-ethyl adjacent to an activating group) is 1. The van der Waals surface area contributed by atoms with Crippen molar-refractivity contribution in [2.75, 3.05) is 39.3 Å². The summed E-state index contributed by atoms with van der Waals surface area (Å²) in [6.07, 6.45) is 0.777. The lowest BCUT2D eigenvalue weighted by Gasteiger charge is -2.23. The number of aliphatic hydroxyl groups excluding tert-OH is 1. The summed E-state index contributed by atoms with van der Waals surface area (Å²) >= 11 is 0. The molecule has 1 aromatic rings. The fraction of sp³-hybridized carbons (Fsp3) is 0.588. The molecular formula is C17H26N2O3. The Morgan fingerprint density at radius 3 is 2.86 bits per heavy atom. The van der Waals surface area contributed by atoms with Crippen LogP contribution in [0.1, 0.15) is 18.9 Å². The molecule has 0 spiro atoms. The molecule has 22 heavy (non-hydrogen) atoms.